The van der Waals surface area contributed by atoms with Crippen molar-refractivity contribution in [3.05, 3.63) is 44.0 Å². The molecular weight excluding hydrogens is 231 g/mol. The Hall–Kier alpha value is -1.20. The first-order valence-corrected chi connectivity index (χ1v) is 5.88. The first-order valence-electron chi connectivity index (χ1n) is 4.39. The van der Waals surface area contributed by atoms with Crippen molar-refractivity contribution in [2.45, 2.75) is 0 Å². The van der Waals surface area contributed by atoms with Gasteiger partial charge in [0.25, 0.3) is 0 Å². The van der Waals surface area contributed by atoms with E-state index in [-0.39, 0.29) is 13.2 Å². The van der Waals surface area contributed by atoms with Gasteiger partial charge >= 0.3 is 7.82 Å². The summed E-state index contributed by atoms with van der Waals surface area (Å²) >= 11 is 0. The molecule has 1 aromatic rings. The fraction of sp³-hybridized carbons (Fsp3) is 0.222. The highest BCUT2D eigenvalue weighted by molar-refractivity contribution is 7.47. The number of phosphoric ester groups is 1. The van der Waals surface area contributed by atoms with Crippen molar-refractivity contribution < 1.29 is 18.5 Å². The van der Waals surface area contributed by atoms with E-state index < -0.39 is 7.82 Å². The molecule has 90 valence electrons. The molecule has 0 aliphatic carbocycles. The van der Waals surface area contributed by atoms with Crippen LogP contribution in [0.3, 0.4) is 0 Å². The summed E-state index contributed by atoms with van der Waals surface area (Å²) in [5.74, 6) is 0. The molecule has 0 unspecified atom stereocenters. The number of phosphoric acid groups is 1. The molecule has 1 heterocycles. The standard InChI is InChI=1S/C6H11O4P.C3H4N2/c1-3-5-9-11(7,8)10-6-4-2;1-2-5-3-4-1/h3-4H,1-2,5-6H2,(H,7,8);1-3H,(H,4,5). The van der Waals surface area contributed by atoms with E-state index in [1.54, 1.807) is 18.7 Å². The average molecular weight is 246 g/mol. The Balaban J connectivity index is 0.000000368. The molecule has 0 atom stereocenters. The molecule has 0 aliphatic heterocycles. The first kappa shape index (κ1) is 14.8. The molecule has 1 aromatic heterocycles. The largest absolute Gasteiger partial charge is 0.472 e. The third kappa shape index (κ3) is 9.36. The van der Waals surface area contributed by atoms with Gasteiger partial charge in [-0.2, -0.15) is 0 Å². The predicted molar refractivity (Wildman–Crippen MR) is 60.7 cm³/mol. The minimum absolute atomic E-state index is 0.00901. The zero-order valence-electron chi connectivity index (χ0n) is 8.78. The minimum Gasteiger partial charge on any atom is -0.351 e. The molecular formula is C9H15N2O4P. The van der Waals surface area contributed by atoms with E-state index in [0.717, 1.165) is 0 Å². The summed E-state index contributed by atoms with van der Waals surface area (Å²) in [7, 11) is -3.87. The lowest BCUT2D eigenvalue weighted by Gasteiger charge is -2.08. The minimum atomic E-state index is -3.87. The molecule has 16 heavy (non-hydrogen) atoms. The van der Waals surface area contributed by atoms with Crippen LogP contribution < -0.4 is 0 Å². The molecule has 0 fully saturated rings. The predicted octanol–water partition coefficient (Wildman–Crippen LogP) is 1.90. The van der Waals surface area contributed by atoms with Gasteiger partial charge < -0.3 is 9.88 Å². The molecule has 2 N–H and O–H groups in total. The normalized spacial score (nSPS) is 10.1. The highest BCUT2D eigenvalue weighted by Gasteiger charge is 2.18. The summed E-state index contributed by atoms with van der Waals surface area (Å²) in [6.07, 6.45) is 7.81. The maximum absolute atomic E-state index is 10.7. The van der Waals surface area contributed by atoms with Crippen molar-refractivity contribution in [2.75, 3.05) is 13.2 Å². The summed E-state index contributed by atoms with van der Waals surface area (Å²) in [5, 5.41) is 0. The van der Waals surface area contributed by atoms with Gasteiger partial charge in [-0.05, 0) is 0 Å². The molecule has 0 amide bonds. The van der Waals surface area contributed by atoms with Gasteiger partial charge in [-0.1, -0.05) is 12.2 Å². The highest BCUT2D eigenvalue weighted by atomic mass is 31.2. The number of nitrogens with zero attached hydrogens (tertiary/aromatic N) is 1. The molecule has 0 saturated heterocycles. The number of hydrogen-bond acceptors (Lipinski definition) is 4. The summed E-state index contributed by atoms with van der Waals surface area (Å²) in [5.41, 5.74) is 0. The highest BCUT2D eigenvalue weighted by Crippen LogP contribution is 2.42. The number of H-pyrrole nitrogens is 1. The van der Waals surface area contributed by atoms with Crippen LogP contribution in [-0.4, -0.2) is 28.1 Å². The summed E-state index contributed by atoms with van der Waals surface area (Å²) in [6.45, 7) is 6.60. The van der Waals surface area contributed by atoms with Crippen LogP contribution in [0.5, 0.6) is 0 Å². The van der Waals surface area contributed by atoms with Crippen LogP contribution in [-0.2, 0) is 13.6 Å². The molecule has 0 radical (unpaired) electrons. The molecule has 0 aliphatic rings. The van der Waals surface area contributed by atoms with Gasteiger partial charge in [-0.25, -0.2) is 9.55 Å². The van der Waals surface area contributed by atoms with E-state index in [0.29, 0.717) is 0 Å². The van der Waals surface area contributed by atoms with Crippen molar-refractivity contribution in [1.29, 1.82) is 0 Å². The number of nitrogens with one attached hydrogen (secondary N) is 1. The van der Waals surface area contributed by atoms with Gasteiger partial charge in [-0.3, -0.25) is 9.05 Å². The van der Waals surface area contributed by atoms with Crippen molar-refractivity contribution in [1.82, 2.24) is 9.97 Å². The number of aromatic nitrogens is 2. The molecule has 0 aromatic carbocycles. The SMILES string of the molecule is C=CCOP(=O)(O)OCC=C.c1c[nH]cn1. The van der Waals surface area contributed by atoms with E-state index in [2.05, 4.69) is 32.2 Å². The van der Waals surface area contributed by atoms with Crippen molar-refractivity contribution >= 4 is 7.82 Å². The fourth-order valence-electron chi connectivity index (χ4n) is 0.546. The van der Waals surface area contributed by atoms with E-state index in [9.17, 15) is 4.57 Å². The number of aromatic amines is 1. The van der Waals surface area contributed by atoms with Gasteiger partial charge in [0.05, 0.1) is 19.5 Å². The van der Waals surface area contributed by atoms with E-state index in [1.165, 1.54) is 12.2 Å². The van der Waals surface area contributed by atoms with Crippen molar-refractivity contribution in [3.8, 4) is 0 Å². The third-order valence-electron chi connectivity index (χ3n) is 1.12. The van der Waals surface area contributed by atoms with Crippen LogP contribution in [0, 0.1) is 0 Å². The lowest BCUT2D eigenvalue weighted by Crippen LogP contribution is -1.94. The third-order valence-corrected chi connectivity index (χ3v) is 2.07. The van der Waals surface area contributed by atoms with Crippen LogP contribution in [0.2, 0.25) is 0 Å². The zero-order valence-corrected chi connectivity index (χ0v) is 9.68. The van der Waals surface area contributed by atoms with E-state index >= 15 is 0 Å². The molecule has 0 saturated carbocycles. The smallest absolute Gasteiger partial charge is 0.351 e. The fourth-order valence-corrected chi connectivity index (χ4v) is 1.21. The second kappa shape index (κ2) is 9.06. The maximum atomic E-state index is 10.7. The summed E-state index contributed by atoms with van der Waals surface area (Å²) in [4.78, 5) is 15.2. The van der Waals surface area contributed by atoms with Gasteiger partial charge in [0.1, 0.15) is 0 Å². The lowest BCUT2D eigenvalue weighted by atomic mass is 10.7. The van der Waals surface area contributed by atoms with Gasteiger partial charge in [-0.15, -0.1) is 13.2 Å². The van der Waals surface area contributed by atoms with Gasteiger partial charge in [0.2, 0.25) is 0 Å². The Morgan fingerprint density at radius 1 is 1.38 bits per heavy atom. The summed E-state index contributed by atoms with van der Waals surface area (Å²) < 4.78 is 19.6. The first-order chi connectivity index (χ1) is 7.62. The van der Waals surface area contributed by atoms with Crippen LogP contribution in [0.4, 0.5) is 0 Å². The van der Waals surface area contributed by atoms with Crippen LogP contribution in [0.15, 0.2) is 44.0 Å². The van der Waals surface area contributed by atoms with E-state index in [4.69, 9.17) is 4.89 Å². The Bertz CT molecular complexity index is 293. The molecule has 6 nitrogen and oxygen atoms in total. The van der Waals surface area contributed by atoms with Crippen molar-refractivity contribution in [2.24, 2.45) is 0 Å². The summed E-state index contributed by atoms with van der Waals surface area (Å²) in [6, 6.07) is 0. The Morgan fingerprint density at radius 2 is 1.94 bits per heavy atom. The lowest BCUT2D eigenvalue weighted by molar-refractivity contribution is 0.174. The van der Waals surface area contributed by atoms with Crippen LogP contribution in [0.25, 0.3) is 0 Å². The number of imidazole rings is 1. The second-order valence-electron chi connectivity index (χ2n) is 2.40. The number of rotatable bonds is 6. The molecule has 1 rings (SSSR count). The van der Waals surface area contributed by atoms with Gasteiger partial charge in [0, 0.05) is 12.4 Å². The Kier molecular flexibility index (Phi) is 8.38. The van der Waals surface area contributed by atoms with E-state index in [1.807, 2.05) is 0 Å². The quantitative estimate of drug-likeness (QED) is 0.591. The zero-order chi connectivity index (χ0) is 12.3. The second-order valence-corrected chi connectivity index (χ2v) is 3.85. The van der Waals surface area contributed by atoms with Crippen LogP contribution >= 0.6 is 7.82 Å². The van der Waals surface area contributed by atoms with Crippen LogP contribution in [0.1, 0.15) is 0 Å². The average Bonchev–Trinajstić information content (AvgIpc) is 2.82. The monoisotopic (exact) mass is 246 g/mol. The molecule has 7 heteroatoms. The number of hydrogen-bond donors (Lipinski definition) is 2. The van der Waals surface area contributed by atoms with Gasteiger partial charge in [0.15, 0.2) is 0 Å². The Morgan fingerprint density at radius 3 is 2.19 bits per heavy atom. The molecule has 0 bridgehead atoms. The molecule has 0 spiro atoms. The van der Waals surface area contributed by atoms with Crippen molar-refractivity contribution in [3.63, 3.8) is 0 Å². The topological polar surface area (TPSA) is 84.4 Å². The Labute approximate surface area is 94.2 Å². The maximum Gasteiger partial charge on any atom is 0.472 e.